The highest BCUT2D eigenvalue weighted by Gasteiger charge is 2.26. The Bertz CT molecular complexity index is 654. The first kappa shape index (κ1) is 17.9. The van der Waals surface area contributed by atoms with Crippen molar-refractivity contribution >= 4 is 5.91 Å². The molecule has 1 aromatic carbocycles. The third-order valence-electron chi connectivity index (χ3n) is 3.98. The third kappa shape index (κ3) is 4.32. The smallest absolute Gasteiger partial charge is 0.275 e. The number of aromatic nitrogens is 2. The van der Waals surface area contributed by atoms with Crippen molar-refractivity contribution in [2.75, 3.05) is 26.7 Å². The monoisotopic (exact) mass is 333 g/mol. The van der Waals surface area contributed by atoms with Crippen LogP contribution >= 0.6 is 0 Å². The molecule has 1 aromatic heterocycles. The predicted octanol–water partition coefficient (Wildman–Crippen LogP) is 0.847. The zero-order chi connectivity index (χ0) is 17.5. The van der Waals surface area contributed by atoms with Crippen molar-refractivity contribution in [1.82, 2.24) is 15.5 Å². The summed E-state index contributed by atoms with van der Waals surface area (Å²) in [5, 5.41) is 11.1. The number of rotatable bonds is 8. The summed E-state index contributed by atoms with van der Waals surface area (Å²) < 4.78 is 11.0. The maximum atomic E-state index is 11.8. The Labute approximate surface area is 142 Å². The highest BCUT2D eigenvalue weighted by Crippen LogP contribution is 2.22. The molecule has 0 saturated heterocycles. The molecule has 0 spiro atoms. The molecule has 0 saturated carbocycles. The van der Waals surface area contributed by atoms with E-state index < -0.39 is 0 Å². The summed E-state index contributed by atoms with van der Waals surface area (Å²) in [5.74, 6) is 1.79. The molecule has 0 aliphatic carbocycles. The van der Waals surface area contributed by atoms with E-state index in [0.717, 1.165) is 22.8 Å². The second-order valence-electron chi connectivity index (χ2n) is 5.54. The minimum absolute atomic E-state index is 0.0242. The summed E-state index contributed by atoms with van der Waals surface area (Å²) in [5.41, 5.74) is 0.837. The average Bonchev–Trinajstić information content (AvgIpc) is 3.09. The number of carbonyl (C=O) groups is 1. The molecule has 0 fully saturated rings. The zero-order valence-electron chi connectivity index (χ0n) is 14.6. The van der Waals surface area contributed by atoms with Gasteiger partial charge in [0, 0.05) is 12.1 Å². The number of quaternary nitrogens is 1. The Morgan fingerprint density at radius 2 is 2.00 bits per heavy atom. The third-order valence-corrected chi connectivity index (χ3v) is 3.98. The minimum Gasteiger partial charge on any atom is -0.497 e. The van der Waals surface area contributed by atoms with Crippen LogP contribution in [0, 0.1) is 0 Å². The number of hydrogen-bond acceptors (Lipinski definition) is 5. The number of hydrogen-bond donors (Lipinski definition) is 2. The molecule has 0 aliphatic heterocycles. The van der Waals surface area contributed by atoms with E-state index in [2.05, 4.69) is 15.5 Å². The molecular formula is C17H25N4O3+. The number of ether oxygens (including phenoxy) is 1. The van der Waals surface area contributed by atoms with Gasteiger partial charge in [-0.2, -0.15) is 0 Å². The fraction of sp³-hybridized carbons (Fsp3) is 0.471. The lowest BCUT2D eigenvalue weighted by Gasteiger charge is -2.21. The quantitative estimate of drug-likeness (QED) is 0.748. The summed E-state index contributed by atoms with van der Waals surface area (Å²) >= 11 is 0. The van der Waals surface area contributed by atoms with Gasteiger partial charge in [-0.1, -0.05) is 0 Å². The lowest BCUT2D eigenvalue weighted by Crippen LogP contribution is -3.12. The molecule has 0 radical (unpaired) electrons. The second kappa shape index (κ2) is 8.44. The molecule has 1 heterocycles. The molecule has 2 rings (SSSR count). The molecule has 2 atom stereocenters. The molecule has 7 heteroatoms. The van der Waals surface area contributed by atoms with E-state index in [0.29, 0.717) is 24.9 Å². The van der Waals surface area contributed by atoms with Crippen molar-refractivity contribution in [1.29, 1.82) is 0 Å². The number of nitrogens with one attached hydrogen (secondary N) is 2. The standard InChI is InChI=1S/C17H24N4O3/c1-5-18-15(22)11-21(6-2)12(3)16-19-20-17(24-16)13-7-9-14(23-4)10-8-13/h7-10,12H,5-6,11H2,1-4H3,(H,18,22)/p+1/t12-/m1/s1. The molecule has 24 heavy (non-hydrogen) atoms. The van der Waals surface area contributed by atoms with Crippen LogP contribution in [-0.4, -0.2) is 42.8 Å². The van der Waals surface area contributed by atoms with Crippen LogP contribution in [0.25, 0.3) is 11.5 Å². The van der Waals surface area contributed by atoms with Gasteiger partial charge in [-0.05, 0) is 45.0 Å². The van der Waals surface area contributed by atoms with Crippen molar-refractivity contribution in [2.24, 2.45) is 0 Å². The van der Waals surface area contributed by atoms with Crippen molar-refractivity contribution in [3.8, 4) is 17.2 Å². The first-order valence-electron chi connectivity index (χ1n) is 8.18. The summed E-state index contributed by atoms with van der Waals surface area (Å²) in [6, 6.07) is 7.39. The Kier molecular flexibility index (Phi) is 6.31. The van der Waals surface area contributed by atoms with Gasteiger partial charge in [0.2, 0.25) is 5.89 Å². The summed E-state index contributed by atoms with van der Waals surface area (Å²) in [4.78, 5) is 12.9. The van der Waals surface area contributed by atoms with Gasteiger partial charge in [0.1, 0.15) is 5.75 Å². The molecule has 7 nitrogen and oxygen atoms in total. The number of amides is 1. The van der Waals surface area contributed by atoms with Crippen molar-refractivity contribution in [2.45, 2.75) is 26.8 Å². The van der Waals surface area contributed by atoms with Crippen LogP contribution in [0.15, 0.2) is 28.7 Å². The highest BCUT2D eigenvalue weighted by molar-refractivity contribution is 5.76. The van der Waals surface area contributed by atoms with Crippen molar-refractivity contribution in [3.63, 3.8) is 0 Å². The van der Waals surface area contributed by atoms with Crippen LogP contribution < -0.4 is 15.0 Å². The first-order chi connectivity index (χ1) is 11.6. The van der Waals surface area contributed by atoms with Gasteiger partial charge in [0.25, 0.3) is 11.8 Å². The van der Waals surface area contributed by atoms with E-state index in [-0.39, 0.29) is 11.9 Å². The number of methoxy groups -OCH3 is 1. The van der Waals surface area contributed by atoms with Crippen molar-refractivity contribution in [3.05, 3.63) is 30.2 Å². The number of likely N-dealkylation sites (N-methyl/N-ethyl adjacent to an activating group) is 2. The topological polar surface area (TPSA) is 81.7 Å². The van der Waals surface area contributed by atoms with E-state index in [4.69, 9.17) is 9.15 Å². The first-order valence-corrected chi connectivity index (χ1v) is 8.18. The van der Waals surface area contributed by atoms with Gasteiger partial charge >= 0.3 is 0 Å². The normalized spacial score (nSPS) is 13.3. The lowest BCUT2D eigenvalue weighted by atomic mass is 10.2. The largest absolute Gasteiger partial charge is 0.497 e. The predicted molar refractivity (Wildman–Crippen MR) is 89.8 cm³/mol. The van der Waals surface area contributed by atoms with Crippen LogP contribution in [0.1, 0.15) is 32.7 Å². The fourth-order valence-electron chi connectivity index (χ4n) is 2.48. The van der Waals surface area contributed by atoms with Crippen molar-refractivity contribution < 1.29 is 18.8 Å². The van der Waals surface area contributed by atoms with Gasteiger partial charge in [-0.15, -0.1) is 10.2 Å². The van der Waals surface area contributed by atoms with E-state index in [1.54, 1.807) is 7.11 Å². The van der Waals surface area contributed by atoms with E-state index in [1.807, 2.05) is 45.0 Å². The fourth-order valence-corrected chi connectivity index (χ4v) is 2.48. The van der Waals surface area contributed by atoms with Crippen LogP contribution in [0.4, 0.5) is 0 Å². The summed E-state index contributed by atoms with van der Waals surface area (Å²) in [7, 11) is 1.62. The van der Waals surface area contributed by atoms with E-state index >= 15 is 0 Å². The van der Waals surface area contributed by atoms with Gasteiger partial charge in [0.05, 0.1) is 13.7 Å². The minimum atomic E-state index is -0.0582. The Morgan fingerprint density at radius 3 is 2.58 bits per heavy atom. The molecule has 0 bridgehead atoms. The molecule has 1 amide bonds. The Hall–Kier alpha value is -2.41. The molecule has 130 valence electrons. The zero-order valence-corrected chi connectivity index (χ0v) is 14.6. The number of nitrogens with zero attached hydrogens (tertiary/aromatic N) is 2. The Balaban J connectivity index is 2.10. The molecule has 2 N–H and O–H groups in total. The van der Waals surface area contributed by atoms with E-state index in [9.17, 15) is 4.79 Å². The van der Waals surface area contributed by atoms with Gasteiger partial charge in [-0.25, -0.2) is 0 Å². The van der Waals surface area contributed by atoms with Crippen LogP contribution in [-0.2, 0) is 4.79 Å². The molecular weight excluding hydrogens is 308 g/mol. The molecule has 1 unspecified atom stereocenters. The van der Waals surface area contributed by atoms with Gasteiger partial charge in [-0.3, -0.25) is 4.79 Å². The van der Waals surface area contributed by atoms with E-state index in [1.165, 1.54) is 0 Å². The lowest BCUT2D eigenvalue weighted by molar-refractivity contribution is -0.921. The maximum absolute atomic E-state index is 11.8. The van der Waals surface area contributed by atoms with Crippen LogP contribution in [0.3, 0.4) is 0 Å². The van der Waals surface area contributed by atoms with Gasteiger partial charge < -0.3 is 19.4 Å². The summed E-state index contributed by atoms with van der Waals surface area (Å²) in [6.07, 6.45) is 0. The second-order valence-corrected chi connectivity index (χ2v) is 5.54. The highest BCUT2D eigenvalue weighted by atomic mass is 16.5. The maximum Gasteiger partial charge on any atom is 0.275 e. The van der Waals surface area contributed by atoms with Gasteiger partial charge in [0.15, 0.2) is 12.6 Å². The van der Waals surface area contributed by atoms with Crippen LogP contribution in [0.2, 0.25) is 0 Å². The Morgan fingerprint density at radius 1 is 1.29 bits per heavy atom. The number of benzene rings is 1. The average molecular weight is 333 g/mol. The van der Waals surface area contributed by atoms with Crippen LogP contribution in [0.5, 0.6) is 5.75 Å². The molecule has 0 aliphatic rings. The molecule has 2 aromatic rings. The summed E-state index contributed by atoms with van der Waals surface area (Å²) in [6.45, 7) is 7.73. The number of carbonyl (C=O) groups excluding carboxylic acids is 1. The SMILES string of the molecule is CCNC(=O)C[NH+](CC)[C@H](C)c1nnc(-c2ccc(OC)cc2)o1.